The molecule has 0 radical (unpaired) electrons. The van der Waals surface area contributed by atoms with E-state index < -0.39 is 5.97 Å². The van der Waals surface area contributed by atoms with Crippen molar-refractivity contribution in [2.45, 2.75) is 26.2 Å². The Bertz CT molecular complexity index is 341. The van der Waals surface area contributed by atoms with Crippen LogP contribution in [0.1, 0.15) is 37.2 Å². The van der Waals surface area contributed by atoms with Crippen molar-refractivity contribution in [3.63, 3.8) is 0 Å². The Balaban J connectivity index is 0.00000169. The number of carboxylic acids is 1. The van der Waals surface area contributed by atoms with Crippen LogP contribution in [0.5, 0.6) is 0 Å². The molecule has 0 aliphatic heterocycles. The van der Waals surface area contributed by atoms with E-state index in [0.717, 1.165) is 0 Å². The van der Waals surface area contributed by atoms with Crippen LogP contribution in [0, 0.1) is 0 Å². The first kappa shape index (κ1) is 13.6. The minimum Gasteiger partial charge on any atom is -0.542 e. The van der Waals surface area contributed by atoms with E-state index in [2.05, 4.69) is 10.1 Å². The van der Waals surface area contributed by atoms with Gasteiger partial charge in [-0.15, -0.1) is 0 Å². The van der Waals surface area contributed by atoms with Gasteiger partial charge >= 0.3 is 29.6 Å². The van der Waals surface area contributed by atoms with Crippen LogP contribution in [0.15, 0.2) is 0 Å². The summed E-state index contributed by atoms with van der Waals surface area (Å²) in [5.41, 5.74) is -0.245. The smallest absolute Gasteiger partial charge is 0.542 e. The van der Waals surface area contributed by atoms with E-state index in [9.17, 15) is 9.90 Å². The van der Waals surface area contributed by atoms with E-state index >= 15 is 0 Å². The third-order valence-corrected chi connectivity index (χ3v) is 1.62. The molecule has 5 nitrogen and oxygen atoms in total. The summed E-state index contributed by atoms with van der Waals surface area (Å²) in [6.45, 7) is 5.75. The third-order valence-electron chi connectivity index (χ3n) is 1.62. The van der Waals surface area contributed by atoms with Crippen molar-refractivity contribution < 1.29 is 39.5 Å². The number of aromatic carboxylic acids is 1. The Morgan fingerprint density at radius 2 is 1.93 bits per heavy atom. The van der Waals surface area contributed by atoms with Gasteiger partial charge in [0.25, 0.3) is 0 Å². The fourth-order valence-corrected chi connectivity index (χ4v) is 0.880. The van der Waals surface area contributed by atoms with E-state index in [-0.39, 0.29) is 40.8 Å². The fraction of sp³-hybridized carbons (Fsp3) is 0.625. The van der Waals surface area contributed by atoms with E-state index in [1.54, 1.807) is 0 Å². The maximum absolute atomic E-state index is 10.5. The number of nitrogens with zero attached hydrogens (tertiary/aromatic N) is 3. The first-order valence-electron chi connectivity index (χ1n) is 3.95. The number of rotatable bonds is 1. The molecule has 0 aliphatic carbocycles. The number of carbonyl (C=O) groups is 1. The Kier molecular flexibility index (Phi) is 4.30. The van der Waals surface area contributed by atoms with Crippen molar-refractivity contribution in [3.05, 3.63) is 11.6 Å². The molecule has 0 saturated heterocycles. The molecule has 0 bridgehead atoms. The molecule has 0 N–H and O–H groups in total. The van der Waals surface area contributed by atoms with Crippen LogP contribution < -0.4 is 34.7 Å². The molecule has 6 heteroatoms. The average molecular weight is 205 g/mol. The SMILES string of the molecule is Cn1nc(C(C)(C)C)nc1C(=O)[O-].[Na+]. The zero-order chi connectivity index (χ0) is 10.2. The average Bonchev–Trinajstić information content (AvgIpc) is 2.29. The molecule has 0 aliphatic rings. The van der Waals surface area contributed by atoms with Gasteiger partial charge in [0, 0.05) is 12.5 Å². The van der Waals surface area contributed by atoms with Crippen LogP contribution in [-0.4, -0.2) is 20.7 Å². The van der Waals surface area contributed by atoms with E-state index in [0.29, 0.717) is 5.82 Å². The summed E-state index contributed by atoms with van der Waals surface area (Å²) >= 11 is 0. The molecule has 1 aromatic heterocycles. The maximum atomic E-state index is 10.5. The Morgan fingerprint density at radius 1 is 1.43 bits per heavy atom. The predicted molar refractivity (Wildman–Crippen MR) is 44.0 cm³/mol. The Morgan fingerprint density at radius 3 is 2.14 bits per heavy atom. The molecule has 0 fully saturated rings. The maximum Gasteiger partial charge on any atom is 1.00 e. The van der Waals surface area contributed by atoms with Gasteiger partial charge in [-0.25, -0.2) is 9.67 Å². The quantitative estimate of drug-likeness (QED) is 0.446. The molecule has 0 unspecified atom stereocenters. The van der Waals surface area contributed by atoms with E-state index in [1.807, 2.05) is 20.8 Å². The Labute approximate surface area is 105 Å². The van der Waals surface area contributed by atoms with E-state index in [4.69, 9.17) is 0 Å². The molecular formula is C8H12N3NaO2. The van der Waals surface area contributed by atoms with Gasteiger partial charge in [0.2, 0.25) is 0 Å². The number of aromatic nitrogens is 3. The summed E-state index contributed by atoms with van der Waals surface area (Å²) in [7, 11) is 1.54. The number of aryl methyl sites for hydroxylation is 1. The number of carboxylic acid groups (broad SMARTS) is 1. The van der Waals surface area contributed by atoms with Gasteiger partial charge < -0.3 is 9.90 Å². The van der Waals surface area contributed by atoms with Gasteiger partial charge in [-0.3, -0.25) is 0 Å². The van der Waals surface area contributed by atoms with Crippen molar-refractivity contribution in [1.29, 1.82) is 0 Å². The molecule has 1 aromatic rings. The third kappa shape index (κ3) is 2.80. The summed E-state index contributed by atoms with van der Waals surface area (Å²) in [6.07, 6.45) is 0. The summed E-state index contributed by atoms with van der Waals surface area (Å²) < 4.78 is 1.22. The molecule has 0 saturated carbocycles. The summed E-state index contributed by atoms with van der Waals surface area (Å²) in [6, 6.07) is 0. The van der Waals surface area contributed by atoms with Gasteiger partial charge in [0.1, 0.15) is 5.97 Å². The monoisotopic (exact) mass is 205 g/mol. The van der Waals surface area contributed by atoms with Crippen molar-refractivity contribution >= 4 is 5.97 Å². The standard InChI is InChI=1S/C8H13N3O2.Na/c1-8(2,3)7-9-5(6(12)13)11(4)10-7;/h1-4H3,(H,12,13);/q;+1/p-1. The second-order valence-electron chi connectivity index (χ2n) is 3.92. The minimum absolute atomic E-state index is 0. The van der Waals surface area contributed by atoms with Gasteiger partial charge in [0.05, 0.1) is 0 Å². The van der Waals surface area contributed by atoms with Crippen LogP contribution in [0.3, 0.4) is 0 Å². The van der Waals surface area contributed by atoms with Crippen LogP contribution in [0.4, 0.5) is 0 Å². The number of hydrogen-bond acceptors (Lipinski definition) is 4. The van der Waals surface area contributed by atoms with Crippen LogP contribution in [-0.2, 0) is 12.5 Å². The van der Waals surface area contributed by atoms with Crippen LogP contribution >= 0.6 is 0 Å². The largest absolute Gasteiger partial charge is 1.00 e. The summed E-state index contributed by atoms with van der Waals surface area (Å²) in [4.78, 5) is 14.4. The van der Waals surface area contributed by atoms with E-state index in [1.165, 1.54) is 11.7 Å². The molecule has 14 heavy (non-hydrogen) atoms. The summed E-state index contributed by atoms with van der Waals surface area (Å²) in [5, 5.41) is 14.5. The molecule has 1 rings (SSSR count). The van der Waals surface area contributed by atoms with Crippen LogP contribution in [0.2, 0.25) is 0 Å². The van der Waals surface area contributed by atoms with Crippen molar-refractivity contribution in [2.75, 3.05) is 0 Å². The van der Waals surface area contributed by atoms with Gasteiger partial charge in [-0.05, 0) is 0 Å². The number of hydrogen-bond donors (Lipinski definition) is 0. The van der Waals surface area contributed by atoms with Gasteiger partial charge in [-0.1, -0.05) is 20.8 Å². The van der Waals surface area contributed by atoms with Gasteiger partial charge in [0.15, 0.2) is 11.6 Å². The Hall–Kier alpha value is -0.390. The second-order valence-corrected chi connectivity index (χ2v) is 3.92. The van der Waals surface area contributed by atoms with Gasteiger partial charge in [-0.2, -0.15) is 5.10 Å². The predicted octanol–water partition coefficient (Wildman–Crippen LogP) is -3.52. The zero-order valence-corrected chi connectivity index (χ0v) is 11.2. The number of carbonyl (C=O) groups excluding carboxylic acids is 1. The summed E-state index contributed by atoms with van der Waals surface area (Å²) in [5.74, 6) is -0.926. The van der Waals surface area contributed by atoms with Crippen molar-refractivity contribution in [1.82, 2.24) is 14.8 Å². The molecule has 72 valence electrons. The molecule has 0 spiro atoms. The molecule has 1 heterocycles. The van der Waals surface area contributed by atoms with Crippen molar-refractivity contribution in [3.8, 4) is 0 Å². The first-order valence-corrected chi connectivity index (χ1v) is 3.95. The first-order chi connectivity index (χ1) is 5.82. The fourth-order valence-electron chi connectivity index (χ4n) is 0.880. The van der Waals surface area contributed by atoms with Crippen LogP contribution in [0.25, 0.3) is 0 Å². The molecule has 0 atom stereocenters. The zero-order valence-electron chi connectivity index (χ0n) is 9.16. The normalized spacial score (nSPS) is 10.9. The molecule has 0 amide bonds. The molecule has 0 aromatic carbocycles. The molecular weight excluding hydrogens is 193 g/mol. The van der Waals surface area contributed by atoms with Crippen molar-refractivity contribution in [2.24, 2.45) is 7.05 Å². The second kappa shape index (κ2) is 4.42. The topological polar surface area (TPSA) is 70.8 Å². The minimum atomic E-state index is -1.30.